The Morgan fingerprint density at radius 3 is 2.50 bits per heavy atom. The van der Waals surface area contributed by atoms with E-state index in [2.05, 4.69) is 0 Å². The van der Waals surface area contributed by atoms with E-state index in [4.69, 9.17) is 16.9 Å². The standard InChI is InChI=1S/C6H11ClN2O2S/c1-6(3-8)4-9(2)12(10,11)5-7/h6H,4-5H2,1-2H3. The van der Waals surface area contributed by atoms with Gasteiger partial charge in [-0.15, -0.1) is 11.6 Å². The van der Waals surface area contributed by atoms with Crippen LogP contribution >= 0.6 is 11.6 Å². The monoisotopic (exact) mass is 210 g/mol. The lowest BCUT2D eigenvalue weighted by molar-refractivity contribution is 0.442. The first-order valence-corrected chi connectivity index (χ1v) is 5.48. The van der Waals surface area contributed by atoms with Crippen LogP contribution in [-0.2, 0) is 10.0 Å². The second-order valence-electron chi connectivity index (χ2n) is 2.53. The SMILES string of the molecule is CC(C#N)CN(C)S(=O)(=O)CCl. The lowest BCUT2D eigenvalue weighted by Gasteiger charge is -2.15. The molecule has 0 aromatic heterocycles. The lowest BCUT2D eigenvalue weighted by Crippen LogP contribution is -2.31. The Balaban J connectivity index is 4.25. The van der Waals surface area contributed by atoms with Gasteiger partial charge in [-0.25, -0.2) is 12.7 Å². The molecule has 0 aromatic carbocycles. The van der Waals surface area contributed by atoms with Gasteiger partial charge in [0, 0.05) is 13.6 Å². The van der Waals surface area contributed by atoms with Crippen LogP contribution in [0.4, 0.5) is 0 Å². The van der Waals surface area contributed by atoms with E-state index < -0.39 is 15.2 Å². The third-order valence-electron chi connectivity index (χ3n) is 1.36. The van der Waals surface area contributed by atoms with Gasteiger partial charge >= 0.3 is 0 Å². The Labute approximate surface area is 77.8 Å². The first kappa shape index (κ1) is 11.7. The summed E-state index contributed by atoms with van der Waals surface area (Å²) in [5.41, 5.74) is 0. The van der Waals surface area contributed by atoms with Gasteiger partial charge < -0.3 is 0 Å². The van der Waals surface area contributed by atoms with E-state index in [1.54, 1.807) is 6.92 Å². The molecule has 0 N–H and O–H groups in total. The molecule has 0 rings (SSSR count). The number of sulfonamides is 1. The fourth-order valence-electron chi connectivity index (χ4n) is 0.623. The van der Waals surface area contributed by atoms with Gasteiger partial charge in [0.1, 0.15) is 5.21 Å². The van der Waals surface area contributed by atoms with Crippen molar-refractivity contribution >= 4 is 21.6 Å². The van der Waals surface area contributed by atoms with Crippen molar-refractivity contribution in [1.82, 2.24) is 4.31 Å². The highest BCUT2D eigenvalue weighted by molar-refractivity contribution is 7.90. The smallest absolute Gasteiger partial charge is 0.211 e. The van der Waals surface area contributed by atoms with Crippen molar-refractivity contribution in [2.75, 3.05) is 18.8 Å². The molecule has 12 heavy (non-hydrogen) atoms. The van der Waals surface area contributed by atoms with Crippen LogP contribution in [0.3, 0.4) is 0 Å². The van der Waals surface area contributed by atoms with Gasteiger partial charge in [0.05, 0.1) is 12.0 Å². The molecule has 0 fully saturated rings. The van der Waals surface area contributed by atoms with E-state index in [9.17, 15) is 8.42 Å². The summed E-state index contributed by atoms with van der Waals surface area (Å²) in [6.07, 6.45) is 0. The van der Waals surface area contributed by atoms with Crippen molar-refractivity contribution in [1.29, 1.82) is 5.26 Å². The second kappa shape index (κ2) is 4.65. The molecule has 0 saturated carbocycles. The van der Waals surface area contributed by atoms with Gasteiger partial charge in [-0.2, -0.15) is 5.26 Å². The molecule has 0 spiro atoms. The van der Waals surface area contributed by atoms with Crippen LogP contribution in [0.1, 0.15) is 6.92 Å². The number of alkyl halides is 1. The van der Waals surface area contributed by atoms with Gasteiger partial charge in [-0.1, -0.05) is 0 Å². The highest BCUT2D eigenvalue weighted by Crippen LogP contribution is 2.04. The van der Waals surface area contributed by atoms with E-state index in [1.807, 2.05) is 6.07 Å². The zero-order valence-electron chi connectivity index (χ0n) is 6.99. The summed E-state index contributed by atoms with van der Waals surface area (Å²) in [6.45, 7) is 1.84. The quantitative estimate of drug-likeness (QED) is 0.639. The Hall–Kier alpha value is -0.310. The van der Waals surface area contributed by atoms with Gasteiger partial charge in [0.15, 0.2) is 0 Å². The minimum absolute atomic E-state index is 0.186. The molecule has 0 heterocycles. The summed E-state index contributed by atoms with van der Waals surface area (Å²) in [7, 11) is -1.95. The molecule has 0 radical (unpaired) electrons. The third kappa shape index (κ3) is 3.39. The second-order valence-corrected chi connectivity index (χ2v) is 5.19. The Morgan fingerprint density at radius 2 is 2.17 bits per heavy atom. The zero-order valence-corrected chi connectivity index (χ0v) is 8.56. The normalized spacial score (nSPS) is 14.2. The summed E-state index contributed by atoms with van der Waals surface area (Å²) < 4.78 is 23.2. The fraction of sp³-hybridized carbons (Fsp3) is 0.833. The molecule has 0 aromatic rings. The molecule has 0 bridgehead atoms. The maximum atomic E-state index is 11.0. The maximum Gasteiger partial charge on any atom is 0.227 e. The molecule has 4 nitrogen and oxygen atoms in total. The minimum atomic E-state index is -3.36. The summed E-state index contributed by atoms with van der Waals surface area (Å²) >= 11 is 5.20. The van der Waals surface area contributed by atoms with Crippen LogP contribution < -0.4 is 0 Å². The maximum absolute atomic E-state index is 11.0. The van der Waals surface area contributed by atoms with E-state index in [0.29, 0.717) is 0 Å². The molecule has 0 aliphatic heterocycles. The first-order valence-electron chi connectivity index (χ1n) is 3.33. The molecule has 6 heteroatoms. The van der Waals surface area contributed by atoms with E-state index in [0.717, 1.165) is 4.31 Å². The van der Waals surface area contributed by atoms with Gasteiger partial charge in [0.2, 0.25) is 10.0 Å². The molecule has 1 atom stereocenters. The summed E-state index contributed by atoms with van der Waals surface area (Å²) in [6, 6.07) is 1.94. The number of rotatable bonds is 4. The van der Waals surface area contributed by atoms with Crippen LogP contribution in [0.25, 0.3) is 0 Å². The minimum Gasteiger partial charge on any atom is -0.211 e. The predicted molar refractivity (Wildman–Crippen MR) is 47.0 cm³/mol. The van der Waals surface area contributed by atoms with Crippen LogP contribution in [0, 0.1) is 17.2 Å². The van der Waals surface area contributed by atoms with Crippen LogP contribution in [-0.4, -0.2) is 31.5 Å². The molecular formula is C6H11ClN2O2S. The van der Waals surface area contributed by atoms with Crippen molar-refractivity contribution < 1.29 is 8.42 Å². The largest absolute Gasteiger partial charge is 0.227 e. The summed E-state index contributed by atoms with van der Waals surface area (Å²) in [5, 5.41) is 7.97. The number of hydrogen-bond acceptors (Lipinski definition) is 3. The number of nitriles is 1. The Kier molecular flexibility index (Phi) is 4.53. The van der Waals surface area contributed by atoms with Gasteiger partial charge in [-0.05, 0) is 6.92 Å². The lowest BCUT2D eigenvalue weighted by atomic mass is 10.2. The summed E-state index contributed by atoms with van der Waals surface area (Å²) in [4.78, 5) is 0. The zero-order chi connectivity index (χ0) is 9.78. The molecular weight excluding hydrogens is 200 g/mol. The molecule has 70 valence electrons. The molecule has 0 saturated heterocycles. The Bertz CT molecular complexity index is 270. The van der Waals surface area contributed by atoms with Crippen molar-refractivity contribution in [2.24, 2.45) is 5.92 Å². The van der Waals surface area contributed by atoms with Gasteiger partial charge in [0.25, 0.3) is 0 Å². The average Bonchev–Trinajstić information content (AvgIpc) is 2.04. The molecule has 1 unspecified atom stereocenters. The average molecular weight is 211 g/mol. The molecule has 0 aliphatic carbocycles. The molecule has 0 aliphatic rings. The van der Waals surface area contributed by atoms with Crippen LogP contribution in [0.2, 0.25) is 0 Å². The van der Waals surface area contributed by atoms with Crippen LogP contribution in [0.5, 0.6) is 0 Å². The fourth-order valence-corrected chi connectivity index (χ4v) is 1.74. The highest BCUT2D eigenvalue weighted by atomic mass is 35.5. The number of hydrogen-bond donors (Lipinski definition) is 0. The summed E-state index contributed by atoms with van der Waals surface area (Å²) in [5.74, 6) is -0.312. The third-order valence-corrected chi connectivity index (χ3v) is 3.57. The topological polar surface area (TPSA) is 61.2 Å². The van der Waals surface area contributed by atoms with Crippen molar-refractivity contribution in [3.63, 3.8) is 0 Å². The van der Waals surface area contributed by atoms with E-state index >= 15 is 0 Å². The van der Waals surface area contributed by atoms with Crippen molar-refractivity contribution in [3.8, 4) is 6.07 Å². The van der Waals surface area contributed by atoms with E-state index in [1.165, 1.54) is 7.05 Å². The Morgan fingerprint density at radius 1 is 1.67 bits per heavy atom. The van der Waals surface area contributed by atoms with E-state index in [-0.39, 0.29) is 12.5 Å². The van der Waals surface area contributed by atoms with Crippen molar-refractivity contribution in [2.45, 2.75) is 6.92 Å². The van der Waals surface area contributed by atoms with Gasteiger partial charge in [-0.3, -0.25) is 0 Å². The first-order chi connectivity index (χ1) is 5.44. The highest BCUT2D eigenvalue weighted by Gasteiger charge is 2.17. The molecule has 0 amide bonds. The number of halogens is 1. The van der Waals surface area contributed by atoms with Crippen molar-refractivity contribution in [3.05, 3.63) is 0 Å². The van der Waals surface area contributed by atoms with Crippen LogP contribution in [0.15, 0.2) is 0 Å². The predicted octanol–water partition coefficient (Wildman–Crippen LogP) is 0.604. The number of nitrogens with zero attached hydrogens (tertiary/aromatic N) is 2.